The molecule has 0 radical (unpaired) electrons. The first kappa shape index (κ1) is 31.1. The monoisotopic (exact) mass is 641 g/mol. The molecule has 3 aromatic carbocycles. The second kappa shape index (κ2) is 12.2. The highest BCUT2D eigenvalue weighted by Crippen LogP contribution is 2.46. The van der Waals surface area contributed by atoms with Crippen LogP contribution in [0, 0.1) is 23.0 Å². The molecule has 1 spiro atoms. The molecule has 1 aromatic heterocycles. The Bertz CT molecular complexity index is 1760. The van der Waals surface area contributed by atoms with Crippen molar-refractivity contribution in [3.8, 4) is 17.1 Å². The van der Waals surface area contributed by atoms with Crippen LogP contribution in [0.2, 0.25) is 0 Å². The van der Waals surface area contributed by atoms with Crippen LogP contribution in [0.1, 0.15) is 34.7 Å². The Morgan fingerprint density at radius 3 is 2.43 bits per heavy atom. The van der Waals surface area contributed by atoms with Crippen molar-refractivity contribution in [2.45, 2.75) is 25.6 Å². The number of carbonyl (C=O) groups excluding carboxylic acids is 2. The number of phenols is 1. The molecule has 0 bridgehead atoms. The number of hydrogen-bond donors (Lipinski definition) is 2. The van der Waals surface area contributed by atoms with Crippen molar-refractivity contribution in [3.05, 3.63) is 95.4 Å². The van der Waals surface area contributed by atoms with Gasteiger partial charge in [0.15, 0.2) is 11.6 Å². The topological polar surface area (TPSA) is 112 Å². The third-order valence-electron chi connectivity index (χ3n) is 8.69. The molecule has 2 fully saturated rings. The van der Waals surface area contributed by atoms with Gasteiger partial charge >= 0.3 is 12.1 Å². The van der Waals surface area contributed by atoms with E-state index in [4.69, 9.17) is 0 Å². The average molecular weight is 642 g/mol. The van der Waals surface area contributed by atoms with Gasteiger partial charge in [0, 0.05) is 43.9 Å². The third-order valence-corrected chi connectivity index (χ3v) is 8.69. The number of likely N-dealkylation sites (tertiary alicyclic amines) is 2. The molecule has 0 saturated carbocycles. The largest absolute Gasteiger partial charge is 0.505 e. The van der Waals surface area contributed by atoms with Crippen LogP contribution < -0.4 is 5.32 Å². The van der Waals surface area contributed by atoms with Gasteiger partial charge in [-0.3, -0.25) is 14.5 Å². The number of halogens is 5. The number of nitrogens with zero attached hydrogens (tertiary/aromatic N) is 4. The van der Waals surface area contributed by atoms with E-state index in [0.29, 0.717) is 32.5 Å². The zero-order valence-electron chi connectivity index (χ0n) is 24.2. The van der Waals surface area contributed by atoms with Gasteiger partial charge in [-0.25, -0.2) is 4.39 Å². The molecule has 14 heteroatoms. The summed E-state index contributed by atoms with van der Waals surface area (Å²) in [6.45, 7) is 2.02. The van der Waals surface area contributed by atoms with E-state index in [1.54, 1.807) is 11.0 Å². The standard InChI is InChI=1S/C32H28F5N5O4/c33-25-23(9-10-24(43)26(25)34)38-28(44)22-17-41(16-19-5-2-1-3-6-19)18-31(22)11-13-42(14-12-31)29(45)21-8-4-7-20(15-21)27-39-30(46-40-27)32(35,36)37/h1-10,15,22,43H,11-14,16-18H2,(H,38,44). The Hall–Kier alpha value is -4.85. The van der Waals surface area contributed by atoms with E-state index in [1.165, 1.54) is 18.2 Å². The van der Waals surface area contributed by atoms with Crippen molar-refractivity contribution in [1.29, 1.82) is 0 Å². The number of aromatic nitrogens is 2. The fourth-order valence-corrected chi connectivity index (χ4v) is 6.34. The van der Waals surface area contributed by atoms with Crippen molar-refractivity contribution >= 4 is 17.5 Å². The lowest BCUT2D eigenvalue weighted by Gasteiger charge is -2.42. The van der Waals surface area contributed by atoms with Gasteiger partial charge < -0.3 is 19.8 Å². The van der Waals surface area contributed by atoms with E-state index in [-0.39, 0.29) is 41.6 Å². The number of alkyl halides is 3. The molecule has 6 rings (SSSR count). The minimum Gasteiger partial charge on any atom is -0.505 e. The van der Waals surface area contributed by atoms with Crippen LogP contribution in [0.3, 0.4) is 0 Å². The second-order valence-corrected chi connectivity index (χ2v) is 11.6. The highest BCUT2D eigenvalue weighted by molar-refractivity contribution is 5.96. The van der Waals surface area contributed by atoms with Crippen molar-refractivity contribution in [2.75, 3.05) is 31.5 Å². The van der Waals surface area contributed by atoms with Crippen LogP contribution in [0.15, 0.2) is 71.3 Å². The number of nitrogens with one attached hydrogen (secondary N) is 1. The molecule has 1 unspecified atom stereocenters. The molecule has 46 heavy (non-hydrogen) atoms. The number of phenolic OH excluding ortho intramolecular Hbond substituents is 1. The summed E-state index contributed by atoms with van der Waals surface area (Å²) in [6.07, 6.45) is -3.93. The fourth-order valence-electron chi connectivity index (χ4n) is 6.34. The molecule has 3 heterocycles. The highest BCUT2D eigenvalue weighted by Gasteiger charge is 2.51. The SMILES string of the molecule is O=C(Nc1ccc(O)c(F)c1F)C1CN(Cc2ccccc2)CC12CCN(C(=O)c1cccc(-c3noc(C(F)(F)F)n3)c1)CC2. The van der Waals surface area contributed by atoms with Gasteiger partial charge in [-0.1, -0.05) is 47.6 Å². The zero-order chi connectivity index (χ0) is 32.6. The maximum atomic E-state index is 14.5. The molecule has 2 amide bonds. The molecule has 2 saturated heterocycles. The molecule has 2 N–H and O–H groups in total. The molecule has 1 atom stereocenters. The predicted octanol–water partition coefficient (Wildman–Crippen LogP) is 5.73. The van der Waals surface area contributed by atoms with Gasteiger partial charge in [0.25, 0.3) is 5.91 Å². The number of piperidine rings is 1. The Kier molecular flexibility index (Phi) is 8.23. The predicted molar refractivity (Wildman–Crippen MR) is 154 cm³/mol. The average Bonchev–Trinajstić information content (AvgIpc) is 3.68. The number of carbonyl (C=O) groups is 2. The maximum Gasteiger partial charge on any atom is 0.471 e. The number of aromatic hydroxyl groups is 1. The Morgan fingerprint density at radius 1 is 1.00 bits per heavy atom. The first-order valence-electron chi connectivity index (χ1n) is 14.5. The molecule has 240 valence electrons. The molecular formula is C32H28F5N5O4. The second-order valence-electron chi connectivity index (χ2n) is 11.6. The summed E-state index contributed by atoms with van der Waals surface area (Å²) in [4.78, 5) is 34.3. The van der Waals surface area contributed by atoms with Gasteiger partial charge in [-0.15, -0.1) is 0 Å². The summed E-state index contributed by atoms with van der Waals surface area (Å²) < 4.78 is 71.7. The zero-order valence-corrected chi connectivity index (χ0v) is 24.2. The summed E-state index contributed by atoms with van der Waals surface area (Å²) in [7, 11) is 0. The van der Waals surface area contributed by atoms with Gasteiger partial charge in [0.2, 0.25) is 17.5 Å². The first-order chi connectivity index (χ1) is 21.9. The number of amides is 2. The molecule has 2 aliphatic heterocycles. The van der Waals surface area contributed by atoms with Gasteiger partial charge in [-0.2, -0.15) is 22.5 Å². The summed E-state index contributed by atoms with van der Waals surface area (Å²) >= 11 is 0. The van der Waals surface area contributed by atoms with Crippen LogP contribution in [0.4, 0.5) is 27.6 Å². The third kappa shape index (κ3) is 6.16. The van der Waals surface area contributed by atoms with Crippen LogP contribution >= 0.6 is 0 Å². The maximum absolute atomic E-state index is 14.5. The molecule has 4 aromatic rings. The molecule has 9 nitrogen and oxygen atoms in total. The van der Waals surface area contributed by atoms with E-state index < -0.39 is 46.7 Å². The van der Waals surface area contributed by atoms with Crippen LogP contribution in [-0.4, -0.2) is 63.0 Å². The number of anilines is 1. The van der Waals surface area contributed by atoms with Crippen LogP contribution in [0.5, 0.6) is 5.75 Å². The Labute approximate surface area is 259 Å². The van der Waals surface area contributed by atoms with Crippen molar-refractivity contribution in [3.63, 3.8) is 0 Å². The Morgan fingerprint density at radius 2 is 1.74 bits per heavy atom. The number of benzene rings is 3. The van der Waals surface area contributed by atoms with E-state index in [0.717, 1.165) is 17.7 Å². The normalized spacial score (nSPS) is 18.2. The molecule has 0 aliphatic carbocycles. The molecular weight excluding hydrogens is 613 g/mol. The van der Waals surface area contributed by atoms with Crippen LogP contribution in [-0.2, 0) is 17.5 Å². The molecule has 2 aliphatic rings. The minimum absolute atomic E-state index is 0.181. The lowest BCUT2D eigenvalue weighted by Crippen LogP contribution is -2.48. The van der Waals surface area contributed by atoms with Gasteiger partial charge in [0.1, 0.15) is 0 Å². The summed E-state index contributed by atoms with van der Waals surface area (Å²) in [6, 6.07) is 17.7. The van der Waals surface area contributed by atoms with E-state index >= 15 is 0 Å². The lowest BCUT2D eigenvalue weighted by atomic mass is 9.70. The fraction of sp³-hybridized carbons (Fsp3) is 0.312. The highest BCUT2D eigenvalue weighted by atomic mass is 19.4. The lowest BCUT2D eigenvalue weighted by molar-refractivity contribution is -0.159. The van der Waals surface area contributed by atoms with Crippen LogP contribution in [0.25, 0.3) is 11.4 Å². The number of hydrogen-bond acceptors (Lipinski definition) is 7. The van der Waals surface area contributed by atoms with Gasteiger partial charge in [0.05, 0.1) is 11.6 Å². The summed E-state index contributed by atoms with van der Waals surface area (Å²) in [5.41, 5.74) is 0.487. The van der Waals surface area contributed by atoms with Gasteiger partial charge in [-0.05, 0) is 48.1 Å². The quantitative estimate of drug-likeness (QED) is 0.204. The smallest absolute Gasteiger partial charge is 0.471 e. The van der Waals surface area contributed by atoms with E-state index in [9.17, 15) is 36.6 Å². The number of rotatable bonds is 6. The van der Waals surface area contributed by atoms with E-state index in [2.05, 4.69) is 24.9 Å². The van der Waals surface area contributed by atoms with E-state index in [1.807, 2.05) is 30.3 Å². The minimum atomic E-state index is -4.80. The Balaban J connectivity index is 1.19. The van der Waals surface area contributed by atoms with Crippen molar-refractivity contribution in [1.82, 2.24) is 19.9 Å². The van der Waals surface area contributed by atoms with Crippen molar-refractivity contribution in [2.24, 2.45) is 11.3 Å². The summed E-state index contributed by atoms with van der Waals surface area (Å²) in [5, 5.41) is 15.4. The first-order valence-corrected chi connectivity index (χ1v) is 14.5. The summed E-state index contributed by atoms with van der Waals surface area (Å²) in [5.74, 6) is -6.94. The van der Waals surface area contributed by atoms with Crippen molar-refractivity contribution < 1.29 is 41.2 Å².